The predicted molar refractivity (Wildman–Crippen MR) is 61.8 cm³/mol. The van der Waals surface area contributed by atoms with Gasteiger partial charge in [-0.3, -0.25) is 0 Å². The average Bonchev–Trinajstić information content (AvgIpc) is 2.28. The lowest BCUT2D eigenvalue weighted by Gasteiger charge is -1.94. The van der Waals surface area contributed by atoms with Crippen molar-refractivity contribution in [2.75, 3.05) is 0 Å². The molecule has 0 aliphatic carbocycles. The third kappa shape index (κ3) is 2.73. The molecule has 0 saturated heterocycles. The molecule has 0 spiro atoms. The molecule has 0 aromatic heterocycles. The zero-order valence-corrected chi connectivity index (χ0v) is 8.89. The summed E-state index contributed by atoms with van der Waals surface area (Å²) in [5, 5.41) is 8.09. The Morgan fingerprint density at radius 1 is 0.875 bits per heavy atom. The van der Waals surface area contributed by atoms with Gasteiger partial charge in [0.1, 0.15) is 5.82 Å². The summed E-state index contributed by atoms with van der Waals surface area (Å²) in [5.74, 6) is -0.269. The van der Waals surface area contributed by atoms with Crippen LogP contribution in [-0.4, -0.2) is 0 Å². The van der Waals surface area contributed by atoms with Gasteiger partial charge in [-0.1, -0.05) is 12.1 Å². The molecule has 0 heterocycles. The van der Waals surface area contributed by atoms with E-state index >= 15 is 0 Å². The van der Waals surface area contributed by atoms with Crippen LogP contribution in [-0.2, 0) is 0 Å². The van der Waals surface area contributed by atoms with Gasteiger partial charge in [0.2, 0.25) is 0 Å². The normalized spacial score (nSPS) is 10.9. The Bertz CT molecular complexity index is 504. The molecular formula is C13H11FN2. The van der Waals surface area contributed by atoms with Crippen LogP contribution >= 0.6 is 0 Å². The molecule has 0 fully saturated rings. The van der Waals surface area contributed by atoms with Crippen molar-refractivity contribution in [3.05, 3.63) is 59.9 Å². The summed E-state index contributed by atoms with van der Waals surface area (Å²) in [6.45, 7) is 2.00. The van der Waals surface area contributed by atoms with Crippen LogP contribution in [0.5, 0.6) is 0 Å². The summed E-state index contributed by atoms with van der Waals surface area (Å²) in [7, 11) is 0. The van der Waals surface area contributed by atoms with E-state index in [-0.39, 0.29) is 5.82 Å². The van der Waals surface area contributed by atoms with Gasteiger partial charge >= 0.3 is 0 Å². The van der Waals surface area contributed by atoms with E-state index in [2.05, 4.69) is 10.2 Å². The number of azo groups is 1. The van der Waals surface area contributed by atoms with Gasteiger partial charge in [0, 0.05) is 0 Å². The second-order valence-electron chi connectivity index (χ2n) is 3.52. The van der Waals surface area contributed by atoms with Crippen LogP contribution in [0.4, 0.5) is 15.8 Å². The standard InChI is InChI=1S/C13H11FN2/c1-10-3-2-4-13(9-10)16-15-12-7-5-11(14)6-8-12/h2-9H,1H3. The largest absolute Gasteiger partial charge is 0.207 e. The second kappa shape index (κ2) is 4.66. The first-order valence-corrected chi connectivity index (χ1v) is 4.98. The monoisotopic (exact) mass is 214 g/mol. The smallest absolute Gasteiger partial charge is 0.123 e. The Balaban J connectivity index is 2.18. The van der Waals surface area contributed by atoms with Gasteiger partial charge in [0.05, 0.1) is 11.4 Å². The molecule has 0 aliphatic rings. The fourth-order valence-electron chi connectivity index (χ4n) is 1.31. The fraction of sp³-hybridized carbons (Fsp3) is 0.0769. The van der Waals surface area contributed by atoms with Gasteiger partial charge < -0.3 is 0 Å². The third-order valence-electron chi connectivity index (χ3n) is 2.11. The lowest BCUT2D eigenvalue weighted by atomic mass is 10.2. The maximum Gasteiger partial charge on any atom is 0.123 e. The number of halogens is 1. The number of benzene rings is 2. The average molecular weight is 214 g/mol. The molecule has 0 amide bonds. The van der Waals surface area contributed by atoms with E-state index in [1.807, 2.05) is 31.2 Å². The van der Waals surface area contributed by atoms with Crippen LogP contribution in [0.3, 0.4) is 0 Å². The summed E-state index contributed by atoms with van der Waals surface area (Å²) >= 11 is 0. The Kier molecular flexibility index (Phi) is 3.05. The van der Waals surface area contributed by atoms with Crippen LogP contribution in [0.1, 0.15) is 5.56 Å². The summed E-state index contributed by atoms with van der Waals surface area (Å²) in [5.41, 5.74) is 2.57. The van der Waals surface area contributed by atoms with E-state index in [9.17, 15) is 4.39 Å². The molecule has 0 radical (unpaired) electrons. The van der Waals surface area contributed by atoms with Crippen molar-refractivity contribution in [2.24, 2.45) is 10.2 Å². The SMILES string of the molecule is Cc1cccc(N=Nc2ccc(F)cc2)c1. The van der Waals surface area contributed by atoms with Gasteiger partial charge in [-0.2, -0.15) is 10.2 Å². The minimum atomic E-state index is -0.269. The molecule has 0 unspecified atom stereocenters. The predicted octanol–water partition coefficient (Wildman–Crippen LogP) is 4.55. The molecule has 0 N–H and O–H groups in total. The molecule has 0 bridgehead atoms. The highest BCUT2D eigenvalue weighted by Gasteiger charge is 1.92. The first kappa shape index (κ1) is 10.5. The highest BCUT2D eigenvalue weighted by atomic mass is 19.1. The fourth-order valence-corrected chi connectivity index (χ4v) is 1.31. The molecular weight excluding hydrogens is 203 g/mol. The number of nitrogens with zero attached hydrogens (tertiary/aromatic N) is 2. The minimum Gasteiger partial charge on any atom is -0.207 e. The molecule has 2 nitrogen and oxygen atoms in total. The van der Waals surface area contributed by atoms with E-state index in [0.717, 1.165) is 11.3 Å². The highest BCUT2D eigenvalue weighted by molar-refractivity contribution is 5.41. The number of hydrogen-bond acceptors (Lipinski definition) is 2. The van der Waals surface area contributed by atoms with Gasteiger partial charge in [0.15, 0.2) is 0 Å². The van der Waals surface area contributed by atoms with Gasteiger partial charge in [-0.15, -0.1) is 0 Å². The van der Waals surface area contributed by atoms with Crippen LogP contribution in [0.25, 0.3) is 0 Å². The number of hydrogen-bond donors (Lipinski definition) is 0. The topological polar surface area (TPSA) is 24.7 Å². The first-order valence-electron chi connectivity index (χ1n) is 4.98. The molecule has 2 rings (SSSR count). The lowest BCUT2D eigenvalue weighted by Crippen LogP contribution is -1.70. The van der Waals surface area contributed by atoms with Crippen LogP contribution in [0.15, 0.2) is 58.8 Å². The molecule has 2 aromatic carbocycles. The van der Waals surface area contributed by atoms with E-state index < -0.39 is 0 Å². The van der Waals surface area contributed by atoms with Crippen LogP contribution in [0, 0.1) is 12.7 Å². The molecule has 0 aliphatic heterocycles. The van der Waals surface area contributed by atoms with Gasteiger partial charge in [-0.05, 0) is 48.9 Å². The third-order valence-corrected chi connectivity index (χ3v) is 2.11. The van der Waals surface area contributed by atoms with Crippen molar-refractivity contribution in [1.82, 2.24) is 0 Å². The number of aryl methyl sites for hydroxylation is 1. The molecule has 0 saturated carbocycles. The Morgan fingerprint density at radius 3 is 2.25 bits per heavy atom. The maximum absolute atomic E-state index is 12.6. The summed E-state index contributed by atoms with van der Waals surface area (Å²) in [6.07, 6.45) is 0. The Morgan fingerprint density at radius 2 is 1.56 bits per heavy atom. The Hall–Kier alpha value is -2.03. The molecule has 0 atom stereocenters. The van der Waals surface area contributed by atoms with Crippen molar-refractivity contribution in [3.63, 3.8) is 0 Å². The number of rotatable bonds is 2. The van der Waals surface area contributed by atoms with E-state index in [1.54, 1.807) is 12.1 Å². The van der Waals surface area contributed by atoms with E-state index in [1.165, 1.54) is 12.1 Å². The molecule has 80 valence electrons. The molecule has 16 heavy (non-hydrogen) atoms. The van der Waals surface area contributed by atoms with Crippen molar-refractivity contribution in [3.8, 4) is 0 Å². The minimum absolute atomic E-state index is 0.269. The zero-order valence-electron chi connectivity index (χ0n) is 8.89. The van der Waals surface area contributed by atoms with Gasteiger partial charge in [-0.25, -0.2) is 4.39 Å². The van der Waals surface area contributed by atoms with Crippen molar-refractivity contribution in [2.45, 2.75) is 6.92 Å². The van der Waals surface area contributed by atoms with E-state index in [4.69, 9.17) is 0 Å². The van der Waals surface area contributed by atoms with Crippen LogP contribution < -0.4 is 0 Å². The van der Waals surface area contributed by atoms with Gasteiger partial charge in [0.25, 0.3) is 0 Å². The van der Waals surface area contributed by atoms with Crippen LogP contribution in [0.2, 0.25) is 0 Å². The maximum atomic E-state index is 12.6. The van der Waals surface area contributed by atoms with Crippen molar-refractivity contribution < 1.29 is 4.39 Å². The lowest BCUT2D eigenvalue weighted by molar-refractivity contribution is 0.628. The molecule has 2 aromatic rings. The summed E-state index contributed by atoms with van der Waals surface area (Å²) in [6, 6.07) is 13.6. The van der Waals surface area contributed by atoms with E-state index in [0.29, 0.717) is 5.69 Å². The Labute approximate surface area is 93.5 Å². The van der Waals surface area contributed by atoms with Crippen molar-refractivity contribution in [1.29, 1.82) is 0 Å². The summed E-state index contributed by atoms with van der Waals surface area (Å²) < 4.78 is 12.6. The first-order chi connectivity index (χ1) is 7.74. The highest BCUT2D eigenvalue weighted by Crippen LogP contribution is 2.18. The second-order valence-corrected chi connectivity index (χ2v) is 3.52. The van der Waals surface area contributed by atoms with Crippen molar-refractivity contribution >= 4 is 11.4 Å². The summed E-state index contributed by atoms with van der Waals surface area (Å²) in [4.78, 5) is 0. The molecule has 3 heteroatoms. The quantitative estimate of drug-likeness (QED) is 0.655. The zero-order chi connectivity index (χ0) is 11.4.